The maximum absolute atomic E-state index is 13.9. The zero-order chi connectivity index (χ0) is 17.3. The molecule has 0 saturated carbocycles. The SMILES string of the molecule is CC(c1cc(F)ccc1F)n1cc(-c2ccc(C(=O)O)cn2)nn1. The molecule has 0 bridgehead atoms. The highest BCUT2D eigenvalue weighted by atomic mass is 19.1. The zero-order valence-electron chi connectivity index (χ0n) is 12.5. The van der Waals surface area contributed by atoms with E-state index in [1.54, 1.807) is 6.92 Å². The number of nitrogens with zero attached hydrogens (tertiary/aromatic N) is 4. The van der Waals surface area contributed by atoms with Gasteiger partial charge in [0, 0.05) is 11.8 Å². The minimum atomic E-state index is -1.08. The smallest absolute Gasteiger partial charge is 0.337 e. The number of halogens is 2. The predicted molar refractivity (Wildman–Crippen MR) is 80.4 cm³/mol. The molecule has 8 heteroatoms. The standard InChI is InChI=1S/C16H12F2N4O2/c1-9(12-6-11(17)3-4-13(12)18)22-8-15(20-21-22)14-5-2-10(7-19-14)16(23)24/h2-9H,1H3,(H,23,24). The third-order valence-electron chi connectivity index (χ3n) is 3.59. The van der Waals surface area contributed by atoms with Gasteiger partial charge < -0.3 is 5.11 Å². The van der Waals surface area contributed by atoms with Gasteiger partial charge in [-0.15, -0.1) is 5.10 Å². The first-order valence-electron chi connectivity index (χ1n) is 7.02. The van der Waals surface area contributed by atoms with E-state index in [-0.39, 0.29) is 11.1 Å². The van der Waals surface area contributed by atoms with E-state index in [0.29, 0.717) is 11.4 Å². The Kier molecular flexibility index (Phi) is 4.03. The van der Waals surface area contributed by atoms with Gasteiger partial charge in [-0.3, -0.25) is 4.98 Å². The number of aromatic nitrogens is 4. The molecule has 24 heavy (non-hydrogen) atoms. The van der Waals surface area contributed by atoms with Gasteiger partial charge in [-0.05, 0) is 37.3 Å². The lowest BCUT2D eigenvalue weighted by Gasteiger charge is -2.12. The Labute approximate surface area is 135 Å². The van der Waals surface area contributed by atoms with Crippen molar-refractivity contribution in [2.24, 2.45) is 0 Å². The highest BCUT2D eigenvalue weighted by Crippen LogP contribution is 2.23. The van der Waals surface area contributed by atoms with Crippen LogP contribution in [0.2, 0.25) is 0 Å². The maximum Gasteiger partial charge on any atom is 0.337 e. The Morgan fingerprint density at radius 2 is 2.00 bits per heavy atom. The summed E-state index contributed by atoms with van der Waals surface area (Å²) in [6.07, 6.45) is 2.75. The van der Waals surface area contributed by atoms with Gasteiger partial charge in [-0.25, -0.2) is 18.3 Å². The zero-order valence-corrected chi connectivity index (χ0v) is 12.5. The molecule has 0 aliphatic heterocycles. The molecule has 1 atom stereocenters. The van der Waals surface area contributed by atoms with Crippen molar-refractivity contribution in [2.75, 3.05) is 0 Å². The molecule has 0 aliphatic rings. The fourth-order valence-electron chi connectivity index (χ4n) is 2.23. The topological polar surface area (TPSA) is 80.9 Å². The van der Waals surface area contributed by atoms with Crippen molar-refractivity contribution in [1.29, 1.82) is 0 Å². The number of carboxylic acids is 1. The van der Waals surface area contributed by atoms with E-state index >= 15 is 0 Å². The molecule has 0 saturated heterocycles. The third-order valence-corrected chi connectivity index (χ3v) is 3.59. The van der Waals surface area contributed by atoms with Crippen LogP contribution in [0, 0.1) is 11.6 Å². The van der Waals surface area contributed by atoms with E-state index in [4.69, 9.17) is 5.11 Å². The van der Waals surface area contributed by atoms with Crippen molar-refractivity contribution in [3.63, 3.8) is 0 Å². The average Bonchev–Trinajstić information content (AvgIpc) is 3.06. The molecule has 6 nitrogen and oxygen atoms in total. The molecule has 122 valence electrons. The quantitative estimate of drug-likeness (QED) is 0.795. The summed E-state index contributed by atoms with van der Waals surface area (Å²) in [6.45, 7) is 1.66. The first-order chi connectivity index (χ1) is 11.5. The maximum atomic E-state index is 13.9. The van der Waals surface area contributed by atoms with Gasteiger partial charge in [0.05, 0.1) is 23.5 Å². The van der Waals surface area contributed by atoms with Crippen molar-refractivity contribution >= 4 is 5.97 Å². The summed E-state index contributed by atoms with van der Waals surface area (Å²) in [5.74, 6) is -2.15. The van der Waals surface area contributed by atoms with Crippen LogP contribution in [-0.2, 0) is 0 Å². The number of carbonyl (C=O) groups is 1. The van der Waals surface area contributed by atoms with Gasteiger partial charge in [-0.1, -0.05) is 5.21 Å². The van der Waals surface area contributed by atoms with Gasteiger partial charge in [0.15, 0.2) is 0 Å². The van der Waals surface area contributed by atoms with Crippen LogP contribution in [0.4, 0.5) is 8.78 Å². The molecular weight excluding hydrogens is 318 g/mol. The van der Waals surface area contributed by atoms with E-state index in [9.17, 15) is 13.6 Å². The molecule has 0 spiro atoms. The molecule has 0 amide bonds. The number of hydrogen-bond donors (Lipinski definition) is 1. The number of aromatic carboxylic acids is 1. The molecule has 3 aromatic rings. The molecular formula is C16H12F2N4O2. The van der Waals surface area contributed by atoms with Gasteiger partial charge >= 0.3 is 5.97 Å². The minimum absolute atomic E-state index is 0.0568. The molecule has 1 aromatic carbocycles. The number of benzene rings is 1. The monoisotopic (exact) mass is 330 g/mol. The van der Waals surface area contributed by atoms with Crippen LogP contribution in [0.25, 0.3) is 11.4 Å². The van der Waals surface area contributed by atoms with Crippen LogP contribution < -0.4 is 0 Å². The lowest BCUT2D eigenvalue weighted by atomic mass is 10.1. The van der Waals surface area contributed by atoms with Crippen LogP contribution in [0.1, 0.15) is 28.9 Å². The van der Waals surface area contributed by atoms with Crippen molar-refractivity contribution in [3.05, 3.63) is 65.5 Å². The Balaban J connectivity index is 1.89. The summed E-state index contributed by atoms with van der Waals surface area (Å²) in [5.41, 5.74) is 1.04. The summed E-state index contributed by atoms with van der Waals surface area (Å²) < 4.78 is 28.6. The number of hydrogen-bond acceptors (Lipinski definition) is 4. The van der Waals surface area contributed by atoms with Gasteiger partial charge in [0.25, 0.3) is 0 Å². The van der Waals surface area contributed by atoms with Crippen molar-refractivity contribution < 1.29 is 18.7 Å². The van der Waals surface area contributed by atoms with Crippen LogP contribution in [-0.4, -0.2) is 31.1 Å². The Bertz CT molecular complexity index is 893. The first-order valence-corrected chi connectivity index (χ1v) is 7.02. The van der Waals surface area contributed by atoms with E-state index < -0.39 is 23.6 Å². The lowest BCUT2D eigenvalue weighted by molar-refractivity contribution is 0.0696. The Morgan fingerprint density at radius 1 is 1.21 bits per heavy atom. The summed E-state index contributed by atoms with van der Waals surface area (Å²) >= 11 is 0. The van der Waals surface area contributed by atoms with E-state index in [2.05, 4.69) is 15.3 Å². The second-order valence-corrected chi connectivity index (χ2v) is 5.16. The van der Waals surface area contributed by atoms with E-state index in [1.165, 1.54) is 29.2 Å². The Morgan fingerprint density at radius 3 is 2.67 bits per heavy atom. The van der Waals surface area contributed by atoms with Crippen molar-refractivity contribution in [2.45, 2.75) is 13.0 Å². The van der Waals surface area contributed by atoms with Crippen molar-refractivity contribution in [1.82, 2.24) is 20.0 Å². The number of rotatable bonds is 4. The molecule has 1 N–H and O–H groups in total. The fraction of sp³-hybridized carbons (Fsp3) is 0.125. The van der Waals surface area contributed by atoms with Gasteiger partial charge in [0.1, 0.15) is 17.3 Å². The third kappa shape index (κ3) is 2.98. The summed E-state index contributed by atoms with van der Waals surface area (Å²) in [5, 5.41) is 16.7. The lowest BCUT2D eigenvalue weighted by Crippen LogP contribution is -2.09. The van der Waals surface area contributed by atoms with Gasteiger partial charge in [-0.2, -0.15) is 0 Å². The second-order valence-electron chi connectivity index (χ2n) is 5.16. The fourth-order valence-corrected chi connectivity index (χ4v) is 2.23. The van der Waals surface area contributed by atoms with Crippen LogP contribution in [0.3, 0.4) is 0 Å². The number of carboxylic acid groups (broad SMARTS) is 1. The highest BCUT2D eigenvalue weighted by Gasteiger charge is 2.16. The second kappa shape index (κ2) is 6.15. The molecule has 0 fully saturated rings. The Hall–Kier alpha value is -3.16. The minimum Gasteiger partial charge on any atom is -0.478 e. The van der Waals surface area contributed by atoms with Crippen molar-refractivity contribution in [3.8, 4) is 11.4 Å². The predicted octanol–water partition coefficient (Wildman–Crippen LogP) is 2.93. The largest absolute Gasteiger partial charge is 0.478 e. The van der Waals surface area contributed by atoms with E-state index in [0.717, 1.165) is 18.2 Å². The summed E-state index contributed by atoms with van der Waals surface area (Å²) in [6, 6.07) is 5.56. The van der Waals surface area contributed by atoms with Crippen LogP contribution in [0.5, 0.6) is 0 Å². The average molecular weight is 330 g/mol. The van der Waals surface area contributed by atoms with E-state index in [1.807, 2.05) is 0 Å². The summed E-state index contributed by atoms with van der Waals surface area (Å²) in [7, 11) is 0. The molecule has 2 aromatic heterocycles. The van der Waals surface area contributed by atoms with Crippen LogP contribution >= 0.6 is 0 Å². The number of pyridine rings is 1. The molecule has 3 rings (SSSR count). The summed E-state index contributed by atoms with van der Waals surface area (Å²) in [4.78, 5) is 14.8. The van der Waals surface area contributed by atoms with Gasteiger partial charge in [0.2, 0.25) is 0 Å². The normalized spacial score (nSPS) is 12.1. The molecule has 0 radical (unpaired) electrons. The molecule has 1 unspecified atom stereocenters. The first kappa shape index (κ1) is 15.7. The molecule has 2 heterocycles. The molecule has 0 aliphatic carbocycles. The van der Waals surface area contributed by atoms with Crippen LogP contribution in [0.15, 0.2) is 42.7 Å². The highest BCUT2D eigenvalue weighted by molar-refractivity contribution is 5.87.